The number of amides is 2. The summed E-state index contributed by atoms with van der Waals surface area (Å²) in [5.41, 5.74) is 0.764. The molecule has 0 N–H and O–H groups in total. The predicted octanol–water partition coefficient (Wildman–Crippen LogP) is 2.09. The van der Waals surface area contributed by atoms with Gasteiger partial charge in [-0.1, -0.05) is 30.4 Å². The molecule has 0 aromatic heterocycles. The second-order valence-corrected chi connectivity index (χ2v) is 5.89. The summed E-state index contributed by atoms with van der Waals surface area (Å²) in [6.45, 7) is 4.03. The molecule has 0 unspecified atom stereocenters. The van der Waals surface area contributed by atoms with Crippen LogP contribution >= 0.6 is 0 Å². The van der Waals surface area contributed by atoms with Crippen molar-refractivity contribution in [3.8, 4) is 11.8 Å². The van der Waals surface area contributed by atoms with Crippen LogP contribution in [-0.2, 0) is 4.84 Å². The molecule has 120 valence electrons. The SMILES string of the molecule is C[C@H]1CCCCN1CC#CCON1C(=O)c2ccccc2C1=O. The number of nitrogens with zero attached hydrogens (tertiary/aromatic N) is 2. The number of imide groups is 1. The topological polar surface area (TPSA) is 49.9 Å². The number of hydrogen-bond acceptors (Lipinski definition) is 4. The zero-order valence-electron chi connectivity index (χ0n) is 13.2. The highest BCUT2D eigenvalue weighted by molar-refractivity contribution is 6.20. The number of benzene rings is 1. The summed E-state index contributed by atoms with van der Waals surface area (Å²) in [4.78, 5) is 31.8. The molecule has 3 rings (SSSR count). The summed E-state index contributed by atoms with van der Waals surface area (Å²) >= 11 is 0. The molecule has 1 atom stereocenters. The van der Waals surface area contributed by atoms with Gasteiger partial charge in [-0.15, -0.1) is 5.06 Å². The van der Waals surface area contributed by atoms with E-state index in [1.807, 2.05) is 0 Å². The average Bonchev–Trinajstić information content (AvgIpc) is 2.81. The van der Waals surface area contributed by atoms with Crippen LogP contribution in [0.5, 0.6) is 0 Å². The average molecular weight is 312 g/mol. The molecule has 2 aliphatic heterocycles. The van der Waals surface area contributed by atoms with Crippen molar-refractivity contribution >= 4 is 11.8 Å². The largest absolute Gasteiger partial charge is 0.290 e. The van der Waals surface area contributed by atoms with Gasteiger partial charge in [0, 0.05) is 6.04 Å². The van der Waals surface area contributed by atoms with E-state index in [0.717, 1.165) is 11.6 Å². The highest BCUT2D eigenvalue weighted by Gasteiger charge is 2.36. The fraction of sp³-hybridized carbons (Fsp3) is 0.444. The minimum Gasteiger partial charge on any atom is -0.290 e. The van der Waals surface area contributed by atoms with E-state index in [2.05, 4.69) is 23.7 Å². The Kier molecular flexibility index (Phi) is 4.75. The lowest BCUT2D eigenvalue weighted by Crippen LogP contribution is -2.37. The third-order valence-corrected chi connectivity index (χ3v) is 4.37. The number of hydroxylamine groups is 2. The van der Waals surface area contributed by atoms with Crippen LogP contribution in [-0.4, -0.2) is 47.5 Å². The predicted molar refractivity (Wildman–Crippen MR) is 85.6 cm³/mol. The van der Waals surface area contributed by atoms with Crippen molar-refractivity contribution in [1.82, 2.24) is 9.96 Å². The van der Waals surface area contributed by atoms with Crippen molar-refractivity contribution in [2.45, 2.75) is 32.2 Å². The van der Waals surface area contributed by atoms with Crippen LogP contribution in [0.2, 0.25) is 0 Å². The number of fused-ring (bicyclic) bond motifs is 1. The first-order valence-electron chi connectivity index (χ1n) is 7.99. The maximum atomic E-state index is 12.1. The third-order valence-electron chi connectivity index (χ3n) is 4.37. The highest BCUT2D eigenvalue weighted by atomic mass is 16.7. The lowest BCUT2D eigenvalue weighted by atomic mass is 10.0. The van der Waals surface area contributed by atoms with E-state index in [0.29, 0.717) is 23.7 Å². The molecule has 23 heavy (non-hydrogen) atoms. The van der Waals surface area contributed by atoms with Crippen molar-refractivity contribution in [3.63, 3.8) is 0 Å². The minimum absolute atomic E-state index is 0.0354. The van der Waals surface area contributed by atoms with Crippen molar-refractivity contribution in [2.24, 2.45) is 0 Å². The normalized spacial score (nSPS) is 21.1. The standard InChI is InChI=1S/C18H20N2O3/c1-14-8-4-5-11-19(14)12-6-7-13-23-20-17(21)15-9-2-3-10-16(15)18(20)22/h2-3,9-10,14H,4-5,8,11-13H2,1H3/t14-/m0/s1. The van der Waals surface area contributed by atoms with E-state index in [-0.39, 0.29) is 6.61 Å². The number of rotatable bonds is 3. The maximum absolute atomic E-state index is 12.1. The summed E-state index contributed by atoms with van der Waals surface area (Å²) in [6, 6.07) is 7.28. The van der Waals surface area contributed by atoms with Crippen LogP contribution in [0.1, 0.15) is 46.9 Å². The Balaban J connectivity index is 1.51. The van der Waals surface area contributed by atoms with Gasteiger partial charge in [0.2, 0.25) is 0 Å². The van der Waals surface area contributed by atoms with Gasteiger partial charge in [-0.3, -0.25) is 14.5 Å². The molecule has 0 saturated carbocycles. The van der Waals surface area contributed by atoms with E-state index >= 15 is 0 Å². The molecule has 0 spiro atoms. The number of likely N-dealkylation sites (tertiary alicyclic amines) is 1. The first kappa shape index (κ1) is 15.7. The summed E-state index contributed by atoms with van der Waals surface area (Å²) in [5.74, 6) is 5.11. The van der Waals surface area contributed by atoms with Gasteiger partial charge >= 0.3 is 0 Å². The van der Waals surface area contributed by atoms with Crippen LogP contribution < -0.4 is 0 Å². The van der Waals surface area contributed by atoms with Crippen molar-refractivity contribution < 1.29 is 14.4 Å². The maximum Gasteiger partial charge on any atom is 0.285 e. The van der Waals surface area contributed by atoms with E-state index < -0.39 is 11.8 Å². The van der Waals surface area contributed by atoms with Gasteiger partial charge in [-0.2, -0.15) is 0 Å². The highest BCUT2D eigenvalue weighted by Crippen LogP contribution is 2.22. The van der Waals surface area contributed by atoms with Crippen molar-refractivity contribution in [3.05, 3.63) is 35.4 Å². The first-order chi connectivity index (χ1) is 11.2. The van der Waals surface area contributed by atoms with E-state index in [1.54, 1.807) is 24.3 Å². The Labute approximate surface area is 136 Å². The van der Waals surface area contributed by atoms with Crippen LogP contribution in [0.3, 0.4) is 0 Å². The summed E-state index contributed by atoms with van der Waals surface area (Å²) in [7, 11) is 0. The van der Waals surface area contributed by atoms with Gasteiger partial charge in [0.25, 0.3) is 11.8 Å². The zero-order valence-corrected chi connectivity index (χ0v) is 13.2. The molecule has 0 bridgehead atoms. The number of piperidine rings is 1. The van der Waals surface area contributed by atoms with Crippen LogP contribution in [0.15, 0.2) is 24.3 Å². The molecule has 0 aliphatic carbocycles. The lowest BCUT2D eigenvalue weighted by Gasteiger charge is -2.31. The van der Waals surface area contributed by atoms with Gasteiger partial charge in [0.1, 0.15) is 6.61 Å². The second kappa shape index (κ2) is 6.95. The molecule has 5 heteroatoms. The molecule has 1 saturated heterocycles. The summed E-state index contributed by atoms with van der Waals surface area (Å²) < 4.78 is 0. The minimum atomic E-state index is -0.419. The number of carbonyl (C=O) groups is 2. The molecule has 2 amide bonds. The molecule has 5 nitrogen and oxygen atoms in total. The second-order valence-electron chi connectivity index (χ2n) is 5.89. The van der Waals surface area contributed by atoms with Gasteiger partial charge in [0.15, 0.2) is 0 Å². The molecule has 0 radical (unpaired) electrons. The number of carbonyl (C=O) groups excluding carboxylic acids is 2. The zero-order chi connectivity index (χ0) is 16.2. The molecule has 1 fully saturated rings. The van der Waals surface area contributed by atoms with E-state index in [9.17, 15) is 9.59 Å². The van der Waals surface area contributed by atoms with Gasteiger partial charge in [0.05, 0.1) is 17.7 Å². The van der Waals surface area contributed by atoms with Crippen LogP contribution in [0.4, 0.5) is 0 Å². The lowest BCUT2D eigenvalue weighted by molar-refractivity contribution is -0.0782. The quantitative estimate of drug-likeness (QED) is 0.633. The van der Waals surface area contributed by atoms with E-state index in [1.165, 1.54) is 19.3 Å². The van der Waals surface area contributed by atoms with Crippen LogP contribution in [0, 0.1) is 11.8 Å². The summed E-state index contributed by atoms with van der Waals surface area (Å²) in [5, 5.41) is 0.808. The smallest absolute Gasteiger partial charge is 0.285 e. The molecular formula is C18H20N2O3. The molecule has 2 heterocycles. The van der Waals surface area contributed by atoms with Gasteiger partial charge in [-0.25, -0.2) is 4.84 Å². The molecule has 1 aromatic rings. The Morgan fingerprint density at radius 3 is 2.48 bits per heavy atom. The van der Waals surface area contributed by atoms with E-state index in [4.69, 9.17) is 4.84 Å². The van der Waals surface area contributed by atoms with Crippen molar-refractivity contribution in [2.75, 3.05) is 19.7 Å². The Hall–Kier alpha value is -2.16. The first-order valence-corrected chi connectivity index (χ1v) is 7.99. The fourth-order valence-corrected chi connectivity index (χ4v) is 2.98. The molecular weight excluding hydrogens is 292 g/mol. The molecule has 1 aromatic carbocycles. The Bertz CT molecular complexity index is 639. The monoisotopic (exact) mass is 312 g/mol. The Morgan fingerprint density at radius 1 is 1.13 bits per heavy atom. The van der Waals surface area contributed by atoms with Gasteiger partial charge < -0.3 is 0 Å². The van der Waals surface area contributed by atoms with Gasteiger partial charge in [-0.05, 0) is 38.4 Å². The Morgan fingerprint density at radius 2 is 1.83 bits per heavy atom. The van der Waals surface area contributed by atoms with Crippen molar-refractivity contribution in [1.29, 1.82) is 0 Å². The molecule has 2 aliphatic rings. The van der Waals surface area contributed by atoms with Crippen LogP contribution in [0.25, 0.3) is 0 Å². The summed E-state index contributed by atoms with van der Waals surface area (Å²) in [6.07, 6.45) is 3.72. The third kappa shape index (κ3) is 3.29. The fourth-order valence-electron chi connectivity index (χ4n) is 2.98. The number of hydrogen-bond donors (Lipinski definition) is 0.